The number of nitrogens with zero attached hydrogens (tertiary/aromatic N) is 1. The Labute approximate surface area is 137 Å². The first-order valence-electron chi connectivity index (χ1n) is 7.52. The maximum atomic E-state index is 13.7. The van der Waals surface area contributed by atoms with Crippen LogP contribution in [0.15, 0.2) is 48.5 Å². The van der Waals surface area contributed by atoms with Gasteiger partial charge in [-0.3, -0.25) is 4.79 Å². The number of carbonyl (C=O) groups excluding carboxylic acids is 2. The van der Waals surface area contributed by atoms with Gasteiger partial charge in [-0.15, -0.1) is 0 Å². The van der Waals surface area contributed by atoms with Gasteiger partial charge in [0.1, 0.15) is 6.61 Å². The predicted molar refractivity (Wildman–Crippen MR) is 82.2 cm³/mol. The Morgan fingerprint density at radius 1 is 1.12 bits per heavy atom. The Kier molecular flexibility index (Phi) is 4.55. The minimum Gasteiger partial charge on any atom is -0.447 e. The van der Waals surface area contributed by atoms with Crippen molar-refractivity contribution in [3.05, 3.63) is 71.3 Å². The van der Waals surface area contributed by atoms with Crippen LogP contribution >= 0.6 is 0 Å². The van der Waals surface area contributed by atoms with Crippen LogP contribution in [-0.4, -0.2) is 29.5 Å². The van der Waals surface area contributed by atoms with Crippen molar-refractivity contribution in [2.45, 2.75) is 18.9 Å². The van der Waals surface area contributed by atoms with Crippen LogP contribution in [0.1, 0.15) is 11.1 Å². The van der Waals surface area contributed by atoms with E-state index >= 15 is 0 Å². The molecule has 0 bridgehead atoms. The number of imide groups is 1. The smallest absolute Gasteiger partial charge is 0.416 e. The van der Waals surface area contributed by atoms with E-state index < -0.39 is 36.1 Å². The lowest BCUT2D eigenvalue weighted by Crippen LogP contribution is -2.41. The first kappa shape index (κ1) is 16.1. The van der Waals surface area contributed by atoms with Gasteiger partial charge >= 0.3 is 6.09 Å². The summed E-state index contributed by atoms with van der Waals surface area (Å²) in [6, 6.07) is 12.5. The third kappa shape index (κ3) is 3.27. The molecule has 4 nitrogen and oxygen atoms in total. The number of halogens is 2. The Morgan fingerprint density at radius 3 is 2.62 bits per heavy atom. The third-order valence-corrected chi connectivity index (χ3v) is 3.92. The second kappa shape index (κ2) is 6.78. The van der Waals surface area contributed by atoms with Gasteiger partial charge in [0.15, 0.2) is 11.6 Å². The molecule has 1 aliphatic rings. The van der Waals surface area contributed by atoms with E-state index in [9.17, 15) is 18.4 Å². The largest absolute Gasteiger partial charge is 0.447 e. The minimum absolute atomic E-state index is 0.0850. The molecule has 1 fully saturated rings. The molecule has 0 N–H and O–H groups in total. The summed E-state index contributed by atoms with van der Waals surface area (Å²) in [4.78, 5) is 25.3. The molecule has 0 saturated carbocycles. The molecule has 0 spiro atoms. The van der Waals surface area contributed by atoms with Crippen molar-refractivity contribution in [1.29, 1.82) is 0 Å². The SMILES string of the molecule is O=C(Cc1cccc(F)c1F)N1C(=O)OC[C@@H]1Cc1ccccc1. The second-order valence-electron chi connectivity index (χ2n) is 5.57. The van der Waals surface area contributed by atoms with Gasteiger partial charge in [0.05, 0.1) is 12.5 Å². The van der Waals surface area contributed by atoms with E-state index in [-0.39, 0.29) is 12.2 Å². The van der Waals surface area contributed by atoms with Crippen LogP contribution in [0, 0.1) is 11.6 Å². The van der Waals surface area contributed by atoms with Gasteiger partial charge in [0, 0.05) is 5.56 Å². The maximum Gasteiger partial charge on any atom is 0.416 e. The van der Waals surface area contributed by atoms with Crippen LogP contribution < -0.4 is 0 Å². The first-order chi connectivity index (χ1) is 11.6. The van der Waals surface area contributed by atoms with Crippen LogP contribution in [0.4, 0.5) is 13.6 Å². The zero-order valence-corrected chi connectivity index (χ0v) is 12.7. The number of rotatable bonds is 4. The molecule has 0 aliphatic carbocycles. The van der Waals surface area contributed by atoms with Crippen LogP contribution in [0.2, 0.25) is 0 Å². The van der Waals surface area contributed by atoms with E-state index in [0.29, 0.717) is 6.42 Å². The molecule has 2 aromatic rings. The van der Waals surface area contributed by atoms with E-state index in [2.05, 4.69) is 0 Å². The molecule has 124 valence electrons. The topological polar surface area (TPSA) is 46.6 Å². The van der Waals surface area contributed by atoms with Gasteiger partial charge < -0.3 is 4.74 Å². The highest BCUT2D eigenvalue weighted by Crippen LogP contribution is 2.20. The van der Waals surface area contributed by atoms with Crippen molar-refractivity contribution in [3.63, 3.8) is 0 Å². The predicted octanol–water partition coefficient (Wildman–Crippen LogP) is 3.10. The van der Waals surface area contributed by atoms with E-state index in [1.165, 1.54) is 12.1 Å². The zero-order valence-electron chi connectivity index (χ0n) is 12.7. The lowest BCUT2D eigenvalue weighted by molar-refractivity contribution is -0.128. The Morgan fingerprint density at radius 2 is 1.88 bits per heavy atom. The van der Waals surface area contributed by atoms with Gasteiger partial charge in [-0.25, -0.2) is 18.5 Å². The summed E-state index contributed by atoms with van der Waals surface area (Å²) in [6.45, 7) is 0.0884. The fourth-order valence-electron chi connectivity index (χ4n) is 2.74. The van der Waals surface area contributed by atoms with Gasteiger partial charge in [0.2, 0.25) is 5.91 Å². The molecule has 3 rings (SSSR count). The van der Waals surface area contributed by atoms with Gasteiger partial charge in [-0.2, -0.15) is 0 Å². The second-order valence-corrected chi connectivity index (χ2v) is 5.57. The van der Waals surface area contributed by atoms with Crippen LogP contribution in [0.5, 0.6) is 0 Å². The molecular weight excluding hydrogens is 316 g/mol. The van der Waals surface area contributed by atoms with Crippen LogP contribution in [0.25, 0.3) is 0 Å². The zero-order chi connectivity index (χ0) is 17.1. The highest BCUT2D eigenvalue weighted by Gasteiger charge is 2.37. The lowest BCUT2D eigenvalue weighted by atomic mass is 10.0. The Bertz CT molecular complexity index is 764. The average molecular weight is 331 g/mol. The molecule has 1 saturated heterocycles. The quantitative estimate of drug-likeness (QED) is 0.865. The number of hydrogen-bond donors (Lipinski definition) is 0. The molecule has 0 radical (unpaired) electrons. The normalized spacial score (nSPS) is 17.0. The first-order valence-corrected chi connectivity index (χ1v) is 7.52. The number of ether oxygens (including phenoxy) is 1. The van der Waals surface area contributed by atoms with Crippen molar-refractivity contribution < 1.29 is 23.1 Å². The molecule has 24 heavy (non-hydrogen) atoms. The standard InChI is InChI=1S/C18H15F2NO3/c19-15-8-4-7-13(17(15)20)10-16(22)21-14(11-24-18(21)23)9-12-5-2-1-3-6-12/h1-8,14H,9-11H2/t14-/m0/s1. The lowest BCUT2D eigenvalue weighted by Gasteiger charge is -2.20. The van der Waals surface area contributed by atoms with Gasteiger partial charge in [-0.1, -0.05) is 42.5 Å². The number of carbonyl (C=O) groups is 2. The van der Waals surface area contributed by atoms with Crippen molar-refractivity contribution in [1.82, 2.24) is 4.90 Å². The summed E-state index contributed by atoms with van der Waals surface area (Å²) in [6.07, 6.45) is -0.703. The van der Waals surface area contributed by atoms with Gasteiger partial charge in [-0.05, 0) is 18.1 Å². The highest BCUT2D eigenvalue weighted by molar-refractivity contribution is 5.94. The van der Waals surface area contributed by atoms with E-state index in [4.69, 9.17) is 4.74 Å². The molecule has 0 aromatic heterocycles. The van der Waals surface area contributed by atoms with Crippen LogP contribution in [-0.2, 0) is 22.4 Å². The summed E-state index contributed by atoms with van der Waals surface area (Å²) in [5, 5.41) is 0. The Hall–Kier alpha value is -2.76. The van der Waals surface area contributed by atoms with Crippen molar-refractivity contribution in [3.8, 4) is 0 Å². The molecule has 2 amide bonds. The maximum absolute atomic E-state index is 13.7. The summed E-state index contributed by atoms with van der Waals surface area (Å²) >= 11 is 0. The minimum atomic E-state index is -1.07. The summed E-state index contributed by atoms with van der Waals surface area (Å²) in [5.41, 5.74) is 0.869. The van der Waals surface area contributed by atoms with Gasteiger partial charge in [0.25, 0.3) is 0 Å². The van der Waals surface area contributed by atoms with Crippen molar-refractivity contribution >= 4 is 12.0 Å². The summed E-state index contributed by atoms with van der Waals surface area (Å²) in [7, 11) is 0. The highest BCUT2D eigenvalue weighted by atomic mass is 19.2. The van der Waals surface area contributed by atoms with E-state index in [0.717, 1.165) is 16.5 Å². The Balaban J connectivity index is 1.76. The van der Waals surface area contributed by atoms with Crippen molar-refractivity contribution in [2.24, 2.45) is 0 Å². The monoisotopic (exact) mass is 331 g/mol. The molecule has 1 aliphatic heterocycles. The molecule has 6 heteroatoms. The van der Waals surface area contributed by atoms with E-state index in [1.807, 2.05) is 30.3 Å². The third-order valence-electron chi connectivity index (χ3n) is 3.92. The molecule has 0 unspecified atom stereocenters. The molecule has 2 aromatic carbocycles. The number of amides is 2. The fraction of sp³-hybridized carbons (Fsp3) is 0.222. The van der Waals surface area contributed by atoms with E-state index in [1.54, 1.807) is 0 Å². The van der Waals surface area contributed by atoms with Crippen LogP contribution in [0.3, 0.4) is 0 Å². The number of benzene rings is 2. The molecule has 1 atom stereocenters. The van der Waals surface area contributed by atoms with Crippen molar-refractivity contribution in [2.75, 3.05) is 6.61 Å². The molecular formula is C18H15F2NO3. The summed E-state index contributed by atoms with van der Waals surface area (Å²) < 4.78 is 31.9. The number of hydrogen-bond acceptors (Lipinski definition) is 3. The molecule has 1 heterocycles. The average Bonchev–Trinajstić information content (AvgIpc) is 2.93. The number of cyclic esters (lactones) is 1. The summed E-state index contributed by atoms with van der Waals surface area (Å²) in [5.74, 6) is -2.70. The fourth-order valence-corrected chi connectivity index (χ4v) is 2.74.